The largest absolute Gasteiger partial charge is 0.348 e. The van der Waals surface area contributed by atoms with E-state index in [1.165, 1.54) is 0 Å². The van der Waals surface area contributed by atoms with Crippen LogP contribution in [0.25, 0.3) is 0 Å². The summed E-state index contributed by atoms with van der Waals surface area (Å²) >= 11 is 3.35. The molecule has 2 N–H and O–H groups in total. The van der Waals surface area contributed by atoms with Crippen molar-refractivity contribution in [1.82, 2.24) is 10.3 Å². The van der Waals surface area contributed by atoms with Gasteiger partial charge in [0.1, 0.15) is 11.4 Å². The van der Waals surface area contributed by atoms with Crippen molar-refractivity contribution in [1.29, 1.82) is 0 Å². The summed E-state index contributed by atoms with van der Waals surface area (Å²) in [5, 5.41) is 5.61. The highest BCUT2D eigenvalue weighted by molar-refractivity contribution is 9.10. The van der Waals surface area contributed by atoms with E-state index in [0.29, 0.717) is 5.69 Å². The molecule has 1 aliphatic carbocycles. The molecule has 0 saturated heterocycles. The number of amides is 2. The van der Waals surface area contributed by atoms with Crippen LogP contribution in [0.3, 0.4) is 0 Å². The van der Waals surface area contributed by atoms with Crippen molar-refractivity contribution in [2.45, 2.75) is 18.9 Å². The van der Waals surface area contributed by atoms with Crippen LogP contribution < -0.4 is 10.6 Å². The molecule has 112 valence electrons. The van der Waals surface area contributed by atoms with Gasteiger partial charge in [-0.3, -0.25) is 9.59 Å². The van der Waals surface area contributed by atoms with Crippen molar-refractivity contribution in [3.8, 4) is 0 Å². The van der Waals surface area contributed by atoms with Gasteiger partial charge in [-0.05, 0) is 43.2 Å². The van der Waals surface area contributed by atoms with Crippen molar-refractivity contribution in [2.75, 3.05) is 5.32 Å². The Hall–Kier alpha value is -2.21. The van der Waals surface area contributed by atoms with Gasteiger partial charge in [0, 0.05) is 16.2 Å². The Morgan fingerprint density at radius 1 is 1.05 bits per heavy atom. The highest BCUT2D eigenvalue weighted by Crippen LogP contribution is 2.19. The minimum absolute atomic E-state index is 0.212. The highest BCUT2D eigenvalue weighted by atomic mass is 79.9. The first kappa shape index (κ1) is 14.7. The van der Waals surface area contributed by atoms with Crippen LogP contribution in [0.4, 0.5) is 5.69 Å². The van der Waals surface area contributed by atoms with E-state index in [1.807, 2.05) is 12.1 Å². The third-order valence-corrected chi connectivity index (χ3v) is 3.70. The van der Waals surface area contributed by atoms with Gasteiger partial charge in [0.25, 0.3) is 11.8 Å². The molecule has 1 aliphatic rings. The predicted molar refractivity (Wildman–Crippen MR) is 86.8 cm³/mol. The first-order chi connectivity index (χ1) is 10.6. The molecular formula is C16H14BrN3O2. The van der Waals surface area contributed by atoms with Gasteiger partial charge < -0.3 is 10.6 Å². The number of halogens is 1. The second-order valence-corrected chi connectivity index (χ2v) is 6.04. The Labute approximate surface area is 136 Å². The minimum atomic E-state index is -0.348. The number of hydrogen-bond donors (Lipinski definition) is 2. The molecule has 0 unspecified atom stereocenters. The smallest absolute Gasteiger partial charge is 0.274 e. The predicted octanol–water partition coefficient (Wildman–Crippen LogP) is 2.99. The lowest BCUT2D eigenvalue weighted by molar-refractivity contribution is 0.0946. The first-order valence-corrected chi connectivity index (χ1v) is 7.76. The van der Waals surface area contributed by atoms with Gasteiger partial charge in [-0.2, -0.15) is 0 Å². The maximum absolute atomic E-state index is 12.2. The van der Waals surface area contributed by atoms with E-state index in [9.17, 15) is 9.59 Å². The average Bonchev–Trinajstić information content (AvgIpc) is 3.31. The summed E-state index contributed by atoms with van der Waals surface area (Å²) < 4.78 is 0.871. The van der Waals surface area contributed by atoms with Gasteiger partial charge >= 0.3 is 0 Å². The molecule has 22 heavy (non-hydrogen) atoms. The fourth-order valence-electron chi connectivity index (χ4n) is 1.94. The second kappa shape index (κ2) is 6.27. The normalized spacial score (nSPS) is 13.5. The number of nitrogens with zero attached hydrogens (tertiary/aromatic N) is 1. The molecule has 5 nitrogen and oxygen atoms in total. The number of anilines is 1. The molecule has 2 aromatic rings. The fraction of sp³-hybridized carbons (Fsp3) is 0.188. The van der Waals surface area contributed by atoms with Crippen LogP contribution in [0.5, 0.6) is 0 Å². The average molecular weight is 360 g/mol. The molecule has 0 atom stereocenters. The Morgan fingerprint density at radius 2 is 1.73 bits per heavy atom. The molecule has 0 aliphatic heterocycles. The number of rotatable bonds is 4. The van der Waals surface area contributed by atoms with Crippen molar-refractivity contribution in [3.63, 3.8) is 0 Å². The minimum Gasteiger partial charge on any atom is -0.348 e. The van der Waals surface area contributed by atoms with Crippen LogP contribution in [0, 0.1) is 0 Å². The number of carbonyl (C=O) groups is 2. The molecule has 1 aromatic carbocycles. The number of hydrogen-bond acceptors (Lipinski definition) is 3. The van der Waals surface area contributed by atoms with Crippen LogP contribution in [0.2, 0.25) is 0 Å². The van der Waals surface area contributed by atoms with E-state index in [-0.39, 0.29) is 29.2 Å². The zero-order valence-electron chi connectivity index (χ0n) is 11.7. The van der Waals surface area contributed by atoms with Crippen LogP contribution in [-0.2, 0) is 0 Å². The number of pyridine rings is 1. The molecule has 1 saturated carbocycles. The zero-order chi connectivity index (χ0) is 15.5. The first-order valence-electron chi connectivity index (χ1n) is 6.96. The molecule has 0 spiro atoms. The summed E-state index contributed by atoms with van der Waals surface area (Å²) in [4.78, 5) is 28.3. The molecule has 6 heteroatoms. The number of benzene rings is 1. The van der Waals surface area contributed by atoms with Gasteiger partial charge in [0.05, 0.1) is 0 Å². The van der Waals surface area contributed by atoms with E-state index in [0.717, 1.165) is 17.3 Å². The molecule has 1 heterocycles. The highest BCUT2D eigenvalue weighted by Gasteiger charge is 2.24. The van der Waals surface area contributed by atoms with Crippen molar-refractivity contribution >= 4 is 33.4 Å². The Morgan fingerprint density at radius 3 is 2.41 bits per heavy atom. The van der Waals surface area contributed by atoms with Gasteiger partial charge in [-0.1, -0.05) is 28.1 Å². The SMILES string of the molecule is O=C(Nc1cccc(Br)c1)c1cccc(C(=O)NC2CC2)n1. The maximum atomic E-state index is 12.2. The molecule has 2 amide bonds. The quantitative estimate of drug-likeness (QED) is 0.881. The van der Waals surface area contributed by atoms with Crippen molar-refractivity contribution in [2.24, 2.45) is 0 Å². The van der Waals surface area contributed by atoms with Crippen LogP contribution in [-0.4, -0.2) is 22.8 Å². The second-order valence-electron chi connectivity index (χ2n) is 5.12. The fourth-order valence-corrected chi connectivity index (χ4v) is 2.34. The van der Waals surface area contributed by atoms with Crippen LogP contribution in [0.1, 0.15) is 33.8 Å². The monoisotopic (exact) mass is 359 g/mol. The van der Waals surface area contributed by atoms with E-state index < -0.39 is 0 Å². The lowest BCUT2D eigenvalue weighted by atomic mass is 10.2. The summed E-state index contributed by atoms with van der Waals surface area (Å²) in [6, 6.07) is 12.4. The van der Waals surface area contributed by atoms with Gasteiger partial charge in [-0.15, -0.1) is 0 Å². The van der Waals surface area contributed by atoms with Crippen LogP contribution >= 0.6 is 15.9 Å². The van der Waals surface area contributed by atoms with Gasteiger partial charge in [0.15, 0.2) is 0 Å². The zero-order valence-corrected chi connectivity index (χ0v) is 13.3. The topological polar surface area (TPSA) is 71.1 Å². The molecule has 1 aromatic heterocycles. The number of carbonyl (C=O) groups excluding carboxylic acids is 2. The third-order valence-electron chi connectivity index (χ3n) is 3.21. The summed E-state index contributed by atoms with van der Waals surface area (Å²) in [6.07, 6.45) is 2.02. The lowest BCUT2D eigenvalue weighted by Gasteiger charge is -2.07. The Balaban J connectivity index is 1.73. The van der Waals surface area contributed by atoms with Gasteiger partial charge in [-0.25, -0.2) is 4.98 Å². The molecule has 0 bridgehead atoms. The maximum Gasteiger partial charge on any atom is 0.274 e. The summed E-state index contributed by atoms with van der Waals surface area (Å²) in [7, 11) is 0. The van der Waals surface area contributed by atoms with Gasteiger partial charge in [0.2, 0.25) is 0 Å². The molecule has 0 radical (unpaired) electrons. The molecular weight excluding hydrogens is 346 g/mol. The summed E-state index contributed by atoms with van der Waals surface area (Å²) in [5.74, 6) is -0.584. The summed E-state index contributed by atoms with van der Waals surface area (Å²) in [5.41, 5.74) is 1.13. The Bertz CT molecular complexity index is 729. The van der Waals surface area contributed by atoms with E-state index in [2.05, 4.69) is 31.5 Å². The van der Waals surface area contributed by atoms with E-state index in [1.54, 1.807) is 30.3 Å². The number of nitrogens with one attached hydrogen (secondary N) is 2. The third kappa shape index (κ3) is 3.71. The van der Waals surface area contributed by atoms with E-state index in [4.69, 9.17) is 0 Å². The number of aromatic nitrogens is 1. The Kier molecular flexibility index (Phi) is 4.20. The lowest BCUT2D eigenvalue weighted by Crippen LogP contribution is -2.27. The van der Waals surface area contributed by atoms with Crippen molar-refractivity contribution < 1.29 is 9.59 Å². The van der Waals surface area contributed by atoms with Crippen LogP contribution in [0.15, 0.2) is 46.9 Å². The molecule has 3 rings (SSSR count). The van der Waals surface area contributed by atoms with Crippen molar-refractivity contribution in [3.05, 3.63) is 58.3 Å². The summed E-state index contributed by atoms with van der Waals surface area (Å²) in [6.45, 7) is 0. The van der Waals surface area contributed by atoms with E-state index >= 15 is 0 Å². The standard InChI is InChI=1S/C16H14BrN3O2/c17-10-3-1-4-12(9-10)19-16(22)14-6-2-5-13(20-14)15(21)18-11-7-8-11/h1-6,9,11H,7-8H2,(H,18,21)(H,19,22). The molecule has 1 fully saturated rings.